The van der Waals surface area contributed by atoms with Crippen molar-refractivity contribution >= 4 is 0 Å². The first-order chi connectivity index (χ1) is 7.95. The predicted molar refractivity (Wildman–Crippen MR) is 63.2 cm³/mol. The van der Waals surface area contributed by atoms with E-state index in [0.717, 1.165) is 0 Å². The van der Waals surface area contributed by atoms with Crippen molar-refractivity contribution < 1.29 is 0 Å². The maximum absolute atomic E-state index is 4.22. The van der Waals surface area contributed by atoms with Gasteiger partial charge in [-0.05, 0) is 11.1 Å². The van der Waals surface area contributed by atoms with E-state index in [2.05, 4.69) is 34.5 Å². The van der Waals surface area contributed by atoms with Crippen molar-refractivity contribution in [2.45, 2.75) is 12.1 Å². The van der Waals surface area contributed by atoms with E-state index in [0.29, 0.717) is 0 Å². The first-order valence-electron chi connectivity index (χ1n) is 5.45. The monoisotopic (exact) mass is 208 g/mol. The highest BCUT2D eigenvalue weighted by Crippen LogP contribution is 2.42. The molecule has 2 atom stereocenters. The average molecular weight is 208 g/mol. The summed E-state index contributed by atoms with van der Waals surface area (Å²) in [5.74, 6) is 0. The molecular weight excluding hydrogens is 196 g/mol. The summed E-state index contributed by atoms with van der Waals surface area (Å²) in [5.41, 5.74) is 2.48. The summed E-state index contributed by atoms with van der Waals surface area (Å²) >= 11 is 0. The largest absolute Gasteiger partial charge is 0.182 e. The molecule has 1 aliphatic rings. The Morgan fingerprint density at radius 3 is 1.25 bits per heavy atom. The van der Waals surface area contributed by atoms with Crippen molar-refractivity contribution in [3.05, 3.63) is 71.8 Å². The Morgan fingerprint density at radius 2 is 0.938 bits per heavy atom. The normalized spacial score (nSPS) is 22.8. The maximum Gasteiger partial charge on any atom is 0.124 e. The van der Waals surface area contributed by atoms with Gasteiger partial charge in [-0.15, -0.1) is 0 Å². The lowest BCUT2D eigenvalue weighted by Gasteiger charge is -2.27. The molecule has 0 saturated heterocycles. The van der Waals surface area contributed by atoms with Crippen LogP contribution in [-0.2, 0) is 0 Å². The van der Waals surface area contributed by atoms with Gasteiger partial charge in [-0.3, -0.25) is 0 Å². The highest BCUT2D eigenvalue weighted by molar-refractivity contribution is 5.29. The summed E-state index contributed by atoms with van der Waals surface area (Å²) in [5, 5.41) is 8.44. The van der Waals surface area contributed by atoms with Gasteiger partial charge < -0.3 is 0 Å². The second-order valence-corrected chi connectivity index (χ2v) is 3.94. The molecule has 0 radical (unpaired) electrons. The van der Waals surface area contributed by atoms with Crippen LogP contribution in [0, 0.1) is 0 Å². The van der Waals surface area contributed by atoms with Crippen LogP contribution < -0.4 is 0 Å². The average Bonchev–Trinajstić information content (AvgIpc) is 2.30. The first kappa shape index (κ1) is 9.28. The van der Waals surface area contributed by atoms with E-state index < -0.39 is 0 Å². The molecule has 0 amide bonds. The maximum atomic E-state index is 4.22. The van der Waals surface area contributed by atoms with Crippen LogP contribution in [0.4, 0.5) is 0 Å². The van der Waals surface area contributed by atoms with Gasteiger partial charge in [0.15, 0.2) is 0 Å². The third-order valence-electron chi connectivity index (χ3n) is 2.90. The molecule has 16 heavy (non-hydrogen) atoms. The third-order valence-corrected chi connectivity index (χ3v) is 2.90. The molecule has 0 bridgehead atoms. The van der Waals surface area contributed by atoms with Gasteiger partial charge in [0.2, 0.25) is 0 Å². The van der Waals surface area contributed by atoms with Gasteiger partial charge in [-0.2, -0.15) is 10.2 Å². The van der Waals surface area contributed by atoms with Gasteiger partial charge in [-0.1, -0.05) is 60.7 Å². The van der Waals surface area contributed by atoms with Crippen LogP contribution in [0.25, 0.3) is 0 Å². The van der Waals surface area contributed by atoms with Crippen molar-refractivity contribution in [1.29, 1.82) is 0 Å². The number of hydrogen-bond acceptors (Lipinski definition) is 2. The van der Waals surface area contributed by atoms with E-state index in [1.807, 2.05) is 36.4 Å². The number of nitrogens with zero attached hydrogens (tertiary/aromatic N) is 2. The predicted octanol–water partition coefficient (Wildman–Crippen LogP) is 3.93. The molecule has 78 valence electrons. The van der Waals surface area contributed by atoms with Crippen molar-refractivity contribution in [1.82, 2.24) is 0 Å². The lowest BCUT2D eigenvalue weighted by Crippen LogP contribution is -2.14. The lowest BCUT2D eigenvalue weighted by molar-refractivity contribution is 0.425. The van der Waals surface area contributed by atoms with E-state index in [9.17, 15) is 0 Å². The lowest BCUT2D eigenvalue weighted by atomic mass is 9.93. The quantitative estimate of drug-likeness (QED) is 0.714. The molecule has 3 rings (SSSR count). The van der Waals surface area contributed by atoms with E-state index in [1.165, 1.54) is 11.1 Å². The minimum Gasteiger partial charge on any atom is -0.182 e. The molecule has 2 heteroatoms. The summed E-state index contributed by atoms with van der Waals surface area (Å²) in [6.07, 6.45) is 0. The Labute approximate surface area is 94.7 Å². The topological polar surface area (TPSA) is 24.7 Å². The van der Waals surface area contributed by atoms with E-state index >= 15 is 0 Å². The van der Waals surface area contributed by atoms with Crippen LogP contribution in [0.2, 0.25) is 0 Å². The molecule has 2 aromatic carbocycles. The van der Waals surface area contributed by atoms with E-state index in [-0.39, 0.29) is 12.1 Å². The fourth-order valence-corrected chi connectivity index (χ4v) is 2.00. The van der Waals surface area contributed by atoms with Crippen LogP contribution in [0.5, 0.6) is 0 Å². The summed E-state index contributed by atoms with van der Waals surface area (Å²) < 4.78 is 0. The summed E-state index contributed by atoms with van der Waals surface area (Å²) in [4.78, 5) is 0. The third kappa shape index (κ3) is 1.52. The minimum absolute atomic E-state index is 0.198. The second-order valence-electron chi connectivity index (χ2n) is 3.94. The molecular formula is C14H12N2. The first-order valence-corrected chi connectivity index (χ1v) is 5.45. The van der Waals surface area contributed by atoms with Crippen LogP contribution in [0.15, 0.2) is 70.9 Å². The van der Waals surface area contributed by atoms with Crippen molar-refractivity contribution in [2.24, 2.45) is 10.2 Å². The fraction of sp³-hybridized carbons (Fsp3) is 0.143. The zero-order chi connectivity index (χ0) is 10.8. The summed E-state index contributed by atoms with van der Waals surface area (Å²) in [6.45, 7) is 0. The number of azo groups is 1. The number of hydrogen-bond donors (Lipinski definition) is 0. The highest BCUT2D eigenvalue weighted by Gasteiger charge is 2.30. The molecule has 0 saturated carbocycles. The molecule has 2 aromatic rings. The molecule has 0 N–H and O–H groups in total. The van der Waals surface area contributed by atoms with Crippen molar-refractivity contribution in [3.63, 3.8) is 0 Å². The van der Waals surface area contributed by atoms with Gasteiger partial charge in [0, 0.05) is 0 Å². The smallest absolute Gasteiger partial charge is 0.124 e. The summed E-state index contributed by atoms with van der Waals surface area (Å²) in [7, 11) is 0. The Hall–Kier alpha value is -1.96. The van der Waals surface area contributed by atoms with Crippen LogP contribution in [-0.4, -0.2) is 0 Å². The standard InChI is InChI=1S/C14H12N2/c1-3-7-11(8-4-1)13-14(16-15-13)12-9-5-2-6-10-12/h1-10,13-14H. The summed E-state index contributed by atoms with van der Waals surface area (Å²) in [6, 6.07) is 21.1. The Morgan fingerprint density at radius 1 is 0.562 bits per heavy atom. The SMILES string of the molecule is c1ccc(C2N=NC2c2ccccc2)cc1. The Bertz CT molecular complexity index is 443. The zero-order valence-electron chi connectivity index (χ0n) is 8.82. The fourth-order valence-electron chi connectivity index (χ4n) is 2.00. The molecule has 0 aromatic heterocycles. The highest BCUT2D eigenvalue weighted by atomic mass is 15.2. The number of benzene rings is 2. The van der Waals surface area contributed by atoms with Crippen LogP contribution >= 0.6 is 0 Å². The van der Waals surface area contributed by atoms with Gasteiger partial charge >= 0.3 is 0 Å². The molecule has 0 aliphatic carbocycles. The second kappa shape index (κ2) is 3.89. The van der Waals surface area contributed by atoms with Gasteiger partial charge in [0.1, 0.15) is 12.1 Å². The number of rotatable bonds is 2. The molecule has 2 unspecified atom stereocenters. The molecule has 2 nitrogen and oxygen atoms in total. The zero-order valence-corrected chi connectivity index (χ0v) is 8.82. The van der Waals surface area contributed by atoms with Crippen molar-refractivity contribution in [3.8, 4) is 0 Å². The van der Waals surface area contributed by atoms with Gasteiger partial charge in [0.05, 0.1) is 0 Å². The van der Waals surface area contributed by atoms with Crippen molar-refractivity contribution in [2.75, 3.05) is 0 Å². The molecule has 0 fully saturated rings. The Kier molecular flexibility index (Phi) is 2.26. The van der Waals surface area contributed by atoms with E-state index in [1.54, 1.807) is 0 Å². The van der Waals surface area contributed by atoms with E-state index in [4.69, 9.17) is 0 Å². The van der Waals surface area contributed by atoms with Gasteiger partial charge in [-0.25, -0.2) is 0 Å². The Balaban J connectivity index is 1.89. The molecule has 1 heterocycles. The van der Waals surface area contributed by atoms with Gasteiger partial charge in [0.25, 0.3) is 0 Å². The molecule has 0 spiro atoms. The van der Waals surface area contributed by atoms with Crippen LogP contribution in [0.1, 0.15) is 23.2 Å². The van der Waals surface area contributed by atoms with Crippen LogP contribution in [0.3, 0.4) is 0 Å². The molecule has 1 aliphatic heterocycles. The minimum atomic E-state index is 0.198.